The number of halogens is 1. The largest absolute Gasteiger partial charge is 0.394 e. The highest BCUT2D eigenvalue weighted by atomic mass is 79.9. The lowest BCUT2D eigenvalue weighted by atomic mass is 10.1. The summed E-state index contributed by atoms with van der Waals surface area (Å²) in [5, 5.41) is 28.6. The van der Waals surface area contributed by atoms with Gasteiger partial charge in [-0.15, -0.1) is 0 Å². The maximum atomic E-state index is 11.8. The van der Waals surface area contributed by atoms with Crippen LogP contribution in [0.2, 0.25) is 0 Å². The van der Waals surface area contributed by atoms with Gasteiger partial charge in [-0.05, 0) is 11.1 Å². The third-order valence-corrected chi connectivity index (χ3v) is 3.31. The van der Waals surface area contributed by atoms with Crippen LogP contribution < -0.4 is 11.4 Å². The number of nitrogens with zero attached hydrogens (tertiary/aromatic N) is 2. The van der Waals surface area contributed by atoms with E-state index in [0.717, 1.165) is 4.57 Å². The Morgan fingerprint density at radius 1 is 1.50 bits per heavy atom. The van der Waals surface area contributed by atoms with Crippen molar-refractivity contribution in [2.24, 2.45) is 0 Å². The molecule has 1 aliphatic rings. The molecule has 5 N–H and O–H groups in total. The lowest BCUT2D eigenvalue weighted by Gasteiger charge is -2.18. The second-order valence-corrected chi connectivity index (χ2v) is 4.82. The molecule has 0 saturated carbocycles. The molecule has 0 unspecified atom stereocenters. The van der Waals surface area contributed by atoms with E-state index in [-0.39, 0.29) is 5.82 Å². The molecule has 1 aliphatic heterocycles. The minimum absolute atomic E-state index is 0.0358. The van der Waals surface area contributed by atoms with Crippen molar-refractivity contribution in [3.63, 3.8) is 0 Å². The van der Waals surface area contributed by atoms with E-state index in [1.807, 2.05) is 0 Å². The topological polar surface area (TPSA) is 131 Å². The SMILES string of the molecule is Nc1nc(=O)n([C@@H]2O[C@H](CO)[C@H](O)[C@H]2O)cc1/C=C/Br. The molecule has 8 nitrogen and oxygen atoms in total. The molecular weight excluding hydrogens is 334 g/mol. The molecule has 0 aromatic carbocycles. The van der Waals surface area contributed by atoms with Gasteiger partial charge in [0.2, 0.25) is 0 Å². The summed E-state index contributed by atoms with van der Waals surface area (Å²) >= 11 is 3.08. The van der Waals surface area contributed by atoms with Crippen molar-refractivity contribution < 1.29 is 20.1 Å². The Morgan fingerprint density at radius 2 is 2.20 bits per heavy atom. The zero-order chi connectivity index (χ0) is 14.9. The fourth-order valence-electron chi connectivity index (χ4n) is 1.98. The molecule has 1 aromatic rings. The average Bonchev–Trinajstić information content (AvgIpc) is 2.70. The quantitative estimate of drug-likeness (QED) is 0.540. The van der Waals surface area contributed by atoms with E-state index in [1.54, 1.807) is 6.08 Å². The Hall–Kier alpha value is -1.26. The van der Waals surface area contributed by atoms with E-state index in [0.29, 0.717) is 5.56 Å². The van der Waals surface area contributed by atoms with Gasteiger partial charge in [-0.2, -0.15) is 4.98 Å². The number of hydrogen-bond donors (Lipinski definition) is 4. The fraction of sp³-hybridized carbons (Fsp3) is 0.455. The molecule has 1 saturated heterocycles. The first kappa shape index (κ1) is 15.1. The molecule has 0 spiro atoms. The third-order valence-electron chi connectivity index (χ3n) is 3.04. The highest BCUT2D eigenvalue weighted by Gasteiger charge is 2.43. The molecule has 2 heterocycles. The van der Waals surface area contributed by atoms with Gasteiger partial charge in [-0.3, -0.25) is 4.57 Å². The number of rotatable bonds is 3. The fourth-order valence-corrected chi connectivity index (χ4v) is 2.27. The van der Waals surface area contributed by atoms with Crippen LogP contribution in [0.4, 0.5) is 5.82 Å². The van der Waals surface area contributed by atoms with Gasteiger partial charge in [-0.25, -0.2) is 4.79 Å². The highest BCUT2D eigenvalue weighted by Crippen LogP contribution is 2.28. The summed E-state index contributed by atoms with van der Waals surface area (Å²) in [4.78, 5) is 17.0. The average molecular weight is 348 g/mol. The van der Waals surface area contributed by atoms with Crippen molar-refractivity contribution in [1.29, 1.82) is 0 Å². The number of aromatic nitrogens is 2. The number of hydrogen-bond acceptors (Lipinski definition) is 7. The summed E-state index contributed by atoms with van der Waals surface area (Å²) in [7, 11) is 0. The van der Waals surface area contributed by atoms with Gasteiger partial charge in [0, 0.05) is 11.8 Å². The Kier molecular flexibility index (Phi) is 4.55. The number of aliphatic hydroxyl groups is 3. The zero-order valence-electron chi connectivity index (χ0n) is 10.3. The molecule has 0 amide bonds. The van der Waals surface area contributed by atoms with Crippen LogP contribution in [-0.2, 0) is 4.74 Å². The summed E-state index contributed by atoms with van der Waals surface area (Å²) < 4.78 is 6.30. The minimum Gasteiger partial charge on any atom is -0.394 e. The number of nitrogens with two attached hydrogens (primary N) is 1. The molecule has 110 valence electrons. The van der Waals surface area contributed by atoms with Crippen LogP contribution in [0.3, 0.4) is 0 Å². The molecule has 9 heteroatoms. The number of aliphatic hydroxyl groups excluding tert-OH is 3. The summed E-state index contributed by atoms with van der Waals surface area (Å²) in [6, 6.07) is 0. The molecule has 4 atom stereocenters. The first-order chi connectivity index (χ1) is 9.49. The van der Waals surface area contributed by atoms with Gasteiger partial charge >= 0.3 is 5.69 Å². The number of nitrogen functional groups attached to an aromatic ring is 1. The molecule has 2 rings (SSSR count). The Morgan fingerprint density at radius 3 is 2.75 bits per heavy atom. The second kappa shape index (κ2) is 6.02. The van der Waals surface area contributed by atoms with Crippen LogP contribution in [0.15, 0.2) is 16.0 Å². The van der Waals surface area contributed by atoms with Crippen molar-refractivity contribution in [1.82, 2.24) is 9.55 Å². The van der Waals surface area contributed by atoms with Crippen LogP contribution in [0.25, 0.3) is 6.08 Å². The molecule has 0 aliphatic carbocycles. The van der Waals surface area contributed by atoms with Gasteiger partial charge in [-0.1, -0.05) is 15.9 Å². The number of anilines is 1. The van der Waals surface area contributed by atoms with Gasteiger partial charge in [0.25, 0.3) is 0 Å². The van der Waals surface area contributed by atoms with E-state index in [2.05, 4.69) is 20.9 Å². The normalized spacial score (nSPS) is 30.2. The highest BCUT2D eigenvalue weighted by molar-refractivity contribution is 9.11. The van der Waals surface area contributed by atoms with Crippen molar-refractivity contribution in [2.75, 3.05) is 12.3 Å². The standard InChI is InChI=1S/C11H14BrN3O5/c12-2-1-5-3-15(11(19)14-9(5)13)10-8(18)7(17)6(4-16)20-10/h1-3,6-8,10,16-18H,4H2,(H2,13,14,19)/b2-1+/t6-,7+,8-,10-/m1/s1. The monoisotopic (exact) mass is 347 g/mol. The second-order valence-electron chi connectivity index (χ2n) is 4.29. The number of ether oxygens (including phenoxy) is 1. The predicted octanol–water partition coefficient (Wildman–Crippen LogP) is -1.20. The van der Waals surface area contributed by atoms with Gasteiger partial charge in [0.15, 0.2) is 6.23 Å². The lowest BCUT2D eigenvalue weighted by Crippen LogP contribution is -2.36. The van der Waals surface area contributed by atoms with Crippen LogP contribution in [-0.4, -0.2) is 49.8 Å². The predicted molar refractivity (Wildman–Crippen MR) is 73.9 cm³/mol. The first-order valence-corrected chi connectivity index (χ1v) is 6.69. The minimum atomic E-state index is -1.35. The van der Waals surface area contributed by atoms with Crippen molar-refractivity contribution in [3.8, 4) is 0 Å². The van der Waals surface area contributed by atoms with E-state index < -0.39 is 36.8 Å². The van der Waals surface area contributed by atoms with Crippen molar-refractivity contribution in [3.05, 3.63) is 27.2 Å². The molecule has 1 fully saturated rings. The Bertz CT molecular complexity index is 576. The van der Waals surface area contributed by atoms with Crippen LogP contribution >= 0.6 is 15.9 Å². The van der Waals surface area contributed by atoms with E-state index in [1.165, 1.54) is 11.2 Å². The summed E-state index contributed by atoms with van der Waals surface area (Å²) in [5.41, 5.74) is 5.33. The van der Waals surface area contributed by atoms with Crippen LogP contribution in [0.1, 0.15) is 11.8 Å². The Balaban J connectivity index is 2.43. The molecule has 0 bridgehead atoms. The van der Waals surface area contributed by atoms with Gasteiger partial charge in [0.1, 0.15) is 24.1 Å². The summed E-state index contributed by atoms with van der Waals surface area (Å²) in [6.07, 6.45) is -1.80. The Labute approximate surface area is 122 Å². The zero-order valence-corrected chi connectivity index (χ0v) is 11.8. The summed E-state index contributed by atoms with van der Waals surface area (Å²) in [6.45, 7) is -0.472. The van der Waals surface area contributed by atoms with Crippen LogP contribution in [0.5, 0.6) is 0 Å². The van der Waals surface area contributed by atoms with E-state index in [9.17, 15) is 15.0 Å². The van der Waals surface area contributed by atoms with E-state index >= 15 is 0 Å². The molecule has 0 radical (unpaired) electrons. The third kappa shape index (κ3) is 2.63. The molecule has 1 aromatic heterocycles. The maximum absolute atomic E-state index is 11.8. The summed E-state index contributed by atoms with van der Waals surface area (Å²) in [5.74, 6) is 0.0358. The van der Waals surface area contributed by atoms with Crippen molar-refractivity contribution >= 4 is 27.8 Å². The smallest absolute Gasteiger partial charge is 0.351 e. The van der Waals surface area contributed by atoms with Crippen molar-refractivity contribution in [2.45, 2.75) is 24.5 Å². The van der Waals surface area contributed by atoms with Gasteiger partial charge in [0.05, 0.1) is 6.61 Å². The van der Waals surface area contributed by atoms with Crippen LogP contribution in [0, 0.1) is 0 Å². The van der Waals surface area contributed by atoms with Gasteiger partial charge < -0.3 is 25.8 Å². The lowest BCUT2D eigenvalue weighted by molar-refractivity contribution is -0.0549. The molecule has 20 heavy (non-hydrogen) atoms. The van der Waals surface area contributed by atoms with E-state index in [4.69, 9.17) is 15.6 Å². The first-order valence-electron chi connectivity index (χ1n) is 5.77. The maximum Gasteiger partial charge on any atom is 0.351 e. The molecular formula is C11H14BrN3O5.